The van der Waals surface area contributed by atoms with Crippen LogP contribution in [0.3, 0.4) is 0 Å². The van der Waals surface area contributed by atoms with Crippen molar-refractivity contribution in [3.05, 3.63) is 42.2 Å². The average Bonchev–Trinajstić information content (AvgIpc) is 3.34. The number of primary amides is 1. The summed E-state index contributed by atoms with van der Waals surface area (Å²) in [6.07, 6.45) is -2.61. The Kier molecular flexibility index (Phi) is 6.93. The van der Waals surface area contributed by atoms with Gasteiger partial charge in [-0.2, -0.15) is 18.3 Å². The highest BCUT2D eigenvalue weighted by molar-refractivity contribution is 5.95. The fourth-order valence-corrected chi connectivity index (χ4v) is 2.48. The lowest BCUT2D eigenvalue weighted by Crippen LogP contribution is -2.25. The number of amides is 2. The summed E-state index contributed by atoms with van der Waals surface area (Å²) in [5, 5.41) is 17.4. The molecule has 1 aromatic carbocycles. The number of halogens is 3. The van der Waals surface area contributed by atoms with Gasteiger partial charge in [-0.15, -0.1) is 0 Å². The number of carboxylic acid groups (broad SMARTS) is 1. The molecule has 9 nitrogen and oxygen atoms in total. The Bertz CT molecular complexity index is 891. The Morgan fingerprint density at radius 1 is 1.24 bits per heavy atom. The van der Waals surface area contributed by atoms with Gasteiger partial charge >= 0.3 is 12.1 Å². The first kappa shape index (κ1) is 21.9. The maximum Gasteiger partial charge on any atom is 0.490 e. The number of rotatable bonds is 4. The number of carboxylic acids is 1. The summed E-state index contributed by atoms with van der Waals surface area (Å²) in [6.45, 7) is 1.56. The lowest BCUT2D eigenvalue weighted by molar-refractivity contribution is -0.192. The van der Waals surface area contributed by atoms with E-state index in [0.717, 1.165) is 13.0 Å². The molecule has 0 radical (unpaired) electrons. The summed E-state index contributed by atoms with van der Waals surface area (Å²) in [5.74, 6) is -3.38. The van der Waals surface area contributed by atoms with Crippen LogP contribution in [0.5, 0.6) is 0 Å². The van der Waals surface area contributed by atoms with E-state index in [9.17, 15) is 22.8 Å². The van der Waals surface area contributed by atoms with Gasteiger partial charge in [-0.05, 0) is 31.2 Å². The number of nitrogens with zero attached hydrogens (tertiary/aromatic N) is 2. The van der Waals surface area contributed by atoms with E-state index in [1.807, 2.05) is 18.2 Å². The molecule has 1 fully saturated rings. The van der Waals surface area contributed by atoms with Crippen molar-refractivity contribution in [1.82, 2.24) is 15.1 Å². The van der Waals surface area contributed by atoms with Gasteiger partial charge in [0, 0.05) is 12.7 Å². The molecule has 0 spiro atoms. The van der Waals surface area contributed by atoms with Crippen LogP contribution >= 0.6 is 0 Å². The summed E-state index contributed by atoms with van der Waals surface area (Å²) in [5.41, 5.74) is 6.74. The molecule has 0 saturated carbocycles. The molecule has 3 rings (SSSR count). The molecule has 156 valence electrons. The zero-order valence-electron chi connectivity index (χ0n) is 14.9. The van der Waals surface area contributed by atoms with E-state index in [1.165, 1.54) is 4.68 Å². The van der Waals surface area contributed by atoms with Gasteiger partial charge in [0.2, 0.25) is 5.91 Å². The summed E-state index contributed by atoms with van der Waals surface area (Å²) in [4.78, 5) is 32.3. The molecule has 1 saturated heterocycles. The first-order valence-electron chi connectivity index (χ1n) is 8.36. The van der Waals surface area contributed by atoms with Crippen LogP contribution in [0, 0.1) is 5.92 Å². The zero-order chi connectivity index (χ0) is 21.6. The second-order valence-corrected chi connectivity index (χ2v) is 6.01. The molecule has 0 bridgehead atoms. The number of carbonyl (C=O) groups excluding carboxylic acids is 2. The van der Waals surface area contributed by atoms with Gasteiger partial charge in [0.25, 0.3) is 5.91 Å². The first-order chi connectivity index (χ1) is 13.6. The first-order valence-corrected chi connectivity index (χ1v) is 8.36. The van der Waals surface area contributed by atoms with Gasteiger partial charge in [0.05, 0.1) is 17.3 Å². The van der Waals surface area contributed by atoms with E-state index >= 15 is 0 Å². The number of aliphatic carboxylic acids is 1. The SMILES string of the molecule is NC(=O)c1ccn(-c2ccccc2NC(=O)[C@H]2CCNC2)n1.O=C(O)C(F)(F)F. The smallest absolute Gasteiger partial charge is 0.475 e. The lowest BCUT2D eigenvalue weighted by Gasteiger charge is -2.13. The van der Waals surface area contributed by atoms with E-state index in [4.69, 9.17) is 15.6 Å². The normalized spacial score (nSPS) is 15.9. The minimum Gasteiger partial charge on any atom is -0.475 e. The molecule has 2 heterocycles. The molecule has 1 aliphatic rings. The third kappa shape index (κ3) is 6.04. The Morgan fingerprint density at radius 3 is 2.41 bits per heavy atom. The minimum absolute atomic E-state index is 0.0141. The molecule has 1 atom stereocenters. The standard InChI is InChI=1S/C15H17N5O2.C2HF3O2/c16-14(21)12-6-8-20(19-12)13-4-2-1-3-11(13)18-15(22)10-5-7-17-9-10;3-2(4,5)1(6)7/h1-4,6,8,10,17H,5,7,9H2,(H2,16,21)(H,18,22);(H,6,7)/t10-;/m0./s1. The molecule has 1 aromatic heterocycles. The third-order valence-electron chi connectivity index (χ3n) is 3.92. The van der Waals surface area contributed by atoms with Crippen molar-refractivity contribution in [3.63, 3.8) is 0 Å². The summed E-state index contributed by atoms with van der Waals surface area (Å²) < 4.78 is 33.3. The van der Waals surface area contributed by atoms with Crippen LogP contribution in [0.1, 0.15) is 16.9 Å². The summed E-state index contributed by atoms with van der Waals surface area (Å²) in [6, 6.07) is 8.85. The van der Waals surface area contributed by atoms with Gasteiger partial charge in [-0.3, -0.25) is 9.59 Å². The maximum absolute atomic E-state index is 12.3. The second kappa shape index (κ2) is 9.19. The molecule has 12 heteroatoms. The van der Waals surface area contributed by atoms with Crippen LogP contribution in [0.25, 0.3) is 5.69 Å². The monoisotopic (exact) mass is 413 g/mol. The predicted molar refractivity (Wildman–Crippen MR) is 95.4 cm³/mol. The largest absolute Gasteiger partial charge is 0.490 e. The number of para-hydroxylation sites is 2. The molecule has 29 heavy (non-hydrogen) atoms. The Balaban J connectivity index is 0.000000370. The number of hydrogen-bond donors (Lipinski definition) is 4. The van der Waals surface area contributed by atoms with Crippen molar-refractivity contribution < 1.29 is 32.7 Å². The Hall–Kier alpha value is -3.41. The number of nitrogens with one attached hydrogen (secondary N) is 2. The van der Waals surface area contributed by atoms with Gasteiger partial charge < -0.3 is 21.5 Å². The number of nitrogens with two attached hydrogens (primary N) is 1. The molecular formula is C17H18F3N5O4. The number of aromatic nitrogens is 2. The molecule has 0 unspecified atom stereocenters. The maximum atomic E-state index is 12.3. The molecule has 0 aliphatic carbocycles. The van der Waals surface area contributed by atoms with Crippen molar-refractivity contribution in [1.29, 1.82) is 0 Å². The van der Waals surface area contributed by atoms with E-state index in [-0.39, 0.29) is 17.5 Å². The number of benzene rings is 1. The zero-order valence-corrected chi connectivity index (χ0v) is 14.9. The summed E-state index contributed by atoms with van der Waals surface area (Å²) >= 11 is 0. The van der Waals surface area contributed by atoms with E-state index in [2.05, 4.69) is 15.7 Å². The van der Waals surface area contributed by atoms with Crippen molar-refractivity contribution in [2.75, 3.05) is 18.4 Å². The van der Waals surface area contributed by atoms with Crippen molar-refractivity contribution >= 4 is 23.5 Å². The molecule has 2 aromatic rings. The Labute approximate surface area is 162 Å². The van der Waals surface area contributed by atoms with Gasteiger partial charge in [0.1, 0.15) is 5.69 Å². The number of hydrogen-bond acceptors (Lipinski definition) is 5. The third-order valence-corrected chi connectivity index (χ3v) is 3.92. The highest BCUT2D eigenvalue weighted by Gasteiger charge is 2.38. The highest BCUT2D eigenvalue weighted by atomic mass is 19.4. The molecule has 2 amide bonds. The Morgan fingerprint density at radius 2 is 1.90 bits per heavy atom. The highest BCUT2D eigenvalue weighted by Crippen LogP contribution is 2.21. The predicted octanol–water partition coefficient (Wildman–Crippen LogP) is 1.15. The minimum atomic E-state index is -5.08. The van der Waals surface area contributed by atoms with Gasteiger partial charge in [-0.1, -0.05) is 12.1 Å². The van der Waals surface area contributed by atoms with E-state index in [1.54, 1.807) is 18.3 Å². The van der Waals surface area contributed by atoms with Crippen LogP contribution in [-0.2, 0) is 9.59 Å². The van der Waals surface area contributed by atoms with Crippen LogP contribution in [0.2, 0.25) is 0 Å². The fraction of sp³-hybridized carbons (Fsp3) is 0.294. The molecular weight excluding hydrogens is 395 g/mol. The van der Waals surface area contributed by atoms with Gasteiger partial charge in [-0.25, -0.2) is 9.48 Å². The van der Waals surface area contributed by atoms with Crippen LogP contribution in [0.4, 0.5) is 18.9 Å². The number of alkyl halides is 3. The molecule has 1 aliphatic heterocycles. The van der Waals surface area contributed by atoms with Gasteiger partial charge in [0.15, 0.2) is 0 Å². The lowest BCUT2D eigenvalue weighted by atomic mass is 10.1. The number of anilines is 1. The average molecular weight is 413 g/mol. The van der Waals surface area contributed by atoms with Crippen molar-refractivity contribution in [3.8, 4) is 5.69 Å². The van der Waals surface area contributed by atoms with Crippen LogP contribution in [-0.4, -0.2) is 51.9 Å². The molecule has 5 N–H and O–H groups in total. The quantitative estimate of drug-likeness (QED) is 0.593. The van der Waals surface area contributed by atoms with Crippen molar-refractivity contribution in [2.45, 2.75) is 12.6 Å². The van der Waals surface area contributed by atoms with Crippen LogP contribution in [0.15, 0.2) is 36.5 Å². The van der Waals surface area contributed by atoms with E-state index in [0.29, 0.717) is 17.9 Å². The topological polar surface area (TPSA) is 139 Å². The summed E-state index contributed by atoms with van der Waals surface area (Å²) in [7, 11) is 0. The number of carbonyl (C=O) groups is 3. The second-order valence-electron chi connectivity index (χ2n) is 6.01. The van der Waals surface area contributed by atoms with E-state index < -0.39 is 18.1 Å². The van der Waals surface area contributed by atoms with Crippen molar-refractivity contribution in [2.24, 2.45) is 11.7 Å². The van der Waals surface area contributed by atoms with Crippen LogP contribution < -0.4 is 16.4 Å². The fourth-order valence-electron chi connectivity index (χ4n) is 2.48.